The lowest BCUT2D eigenvalue weighted by molar-refractivity contribution is 0.0930. The maximum Gasteiger partial charge on any atom is 0.252 e. The summed E-state index contributed by atoms with van der Waals surface area (Å²) in [5.74, 6) is 0.0115. The van der Waals surface area contributed by atoms with Crippen molar-refractivity contribution in [2.45, 2.75) is 31.3 Å². The molecular formula is C24H29N5O. The minimum absolute atomic E-state index is 0.0115. The van der Waals surface area contributed by atoms with Gasteiger partial charge in [-0.25, -0.2) is 0 Å². The van der Waals surface area contributed by atoms with Gasteiger partial charge in [0.2, 0.25) is 0 Å². The lowest BCUT2D eigenvalue weighted by atomic mass is 9.98. The van der Waals surface area contributed by atoms with E-state index in [1.807, 2.05) is 24.9 Å². The van der Waals surface area contributed by atoms with E-state index in [1.54, 1.807) is 0 Å². The first kappa shape index (κ1) is 19.1. The number of aromatic nitrogens is 2. The van der Waals surface area contributed by atoms with E-state index in [1.165, 1.54) is 5.56 Å². The summed E-state index contributed by atoms with van der Waals surface area (Å²) in [5, 5.41) is 8.90. The van der Waals surface area contributed by atoms with Crippen LogP contribution < -0.4 is 10.2 Å². The van der Waals surface area contributed by atoms with E-state index >= 15 is 0 Å². The summed E-state index contributed by atoms with van der Waals surface area (Å²) in [6.45, 7) is 4.02. The van der Waals surface area contributed by atoms with Gasteiger partial charge in [-0.1, -0.05) is 18.2 Å². The van der Waals surface area contributed by atoms with E-state index in [9.17, 15) is 4.79 Å². The highest BCUT2D eigenvalue weighted by Crippen LogP contribution is 2.48. The fourth-order valence-electron chi connectivity index (χ4n) is 4.51. The monoisotopic (exact) mass is 403 g/mol. The Kier molecular flexibility index (Phi) is 4.36. The molecule has 2 aromatic carbocycles. The Bertz CT molecular complexity index is 1120. The van der Waals surface area contributed by atoms with Gasteiger partial charge in [0.1, 0.15) is 0 Å². The Morgan fingerprint density at radius 1 is 1.20 bits per heavy atom. The van der Waals surface area contributed by atoms with Gasteiger partial charge >= 0.3 is 0 Å². The van der Waals surface area contributed by atoms with Gasteiger partial charge in [0, 0.05) is 42.8 Å². The van der Waals surface area contributed by atoms with Gasteiger partial charge in [0.25, 0.3) is 5.91 Å². The van der Waals surface area contributed by atoms with Crippen molar-refractivity contribution in [3.05, 3.63) is 59.3 Å². The number of hydrogen-bond acceptors (Lipinski definition) is 4. The Morgan fingerprint density at radius 3 is 2.67 bits per heavy atom. The summed E-state index contributed by atoms with van der Waals surface area (Å²) in [7, 11) is 6.19. The summed E-state index contributed by atoms with van der Waals surface area (Å²) in [6.07, 6.45) is 3.83. The summed E-state index contributed by atoms with van der Waals surface area (Å²) in [6, 6.07) is 13.1. The lowest BCUT2D eigenvalue weighted by Crippen LogP contribution is -2.57. The average Bonchev–Trinajstić information content (AvgIpc) is 3.36. The Hall–Kier alpha value is -2.86. The zero-order valence-electron chi connectivity index (χ0n) is 18.1. The minimum atomic E-state index is -0.283. The standard InChI is InChI=1S/C24H29N5O/c1-16-8-9-17(29-14-18(15-29)27(2)3)12-19(16)23(30)26-24(10-11-24)21-6-5-7-22-20(21)13-25-28(22)4/h5-9,12-13,18H,10-11,14-15H2,1-4H3,(H,26,30). The molecule has 1 saturated carbocycles. The molecule has 1 aliphatic heterocycles. The molecule has 5 rings (SSSR count). The summed E-state index contributed by atoms with van der Waals surface area (Å²) < 4.78 is 1.89. The number of likely N-dealkylation sites (N-methyl/N-ethyl adjacent to an activating group) is 1. The Morgan fingerprint density at radius 2 is 1.97 bits per heavy atom. The van der Waals surface area contributed by atoms with E-state index in [2.05, 4.69) is 70.7 Å². The molecule has 1 N–H and O–H groups in total. The van der Waals surface area contributed by atoms with Gasteiger partial charge < -0.3 is 15.1 Å². The van der Waals surface area contributed by atoms with Crippen molar-refractivity contribution in [3.63, 3.8) is 0 Å². The van der Waals surface area contributed by atoms with Crippen molar-refractivity contribution in [1.82, 2.24) is 20.0 Å². The molecule has 0 radical (unpaired) electrons. The van der Waals surface area contributed by atoms with Crippen LogP contribution in [-0.2, 0) is 12.6 Å². The van der Waals surface area contributed by atoms with Crippen LogP contribution in [-0.4, -0.2) is 53.8 Å². The van der Waals surface area contributed by atoms with Crippen molar-refractivity contribution in [2.75, 3.05) is 32.1 Å². The number of aryl methyl sites for hydroxylation is 2. The Balaban J connectivity index is 1.40. The van der Waals surface area contributed by atoms with Gasteiger partial charge in [-0.05, 0) is 63.2 Å². The third-order valence-corrected chi connectivity index (χ3v) is 6.83. The molecule has 156 valence electrons. The largest absolute Gasteiger partial charge is 0.368 e. The molecule has 1 aliphatic carbocycles. The average molecular weight is 404 g/mol. The van der Waals surface area contributed by atoms with Crippen LogP contribution in [0.4, 0.5) is 5.69 Å². The zero-order chi connectivity index (χ0) is 21.0. The molecule has 0 unspecified atom stereocenters. The smallest absolute Gasteiger partial charge is 0.252 e. The quantitative estimate of drug-likeness (QED) is 0.711. The number of fused-ring (bicyclic) bond motifs is 1. The van der Waals surface area contributed by atoms with Crippen molar-refractivity contribution in [1.29, 1.82) is 0 Å². The van der Waals surface area contributed by atoms with E-state index in [-0.39, 0.29) is 11.4 Å². The maximum absolute atomic E-state index is 13.3. The molecule has 1 amide bonds. The third-order valence-electron chi connectivity index (χ3n) is 6.83. The summed E-state index contributed by atoms with van der Waals surface area (Å²) in [4.78, 5) is 17.9. The maximum atomic E-state index is 13.3. The molecule has 2 aliphatic rings. The number of carbonyl (C=O) groups excluding carboxylic acids is 1. The van der Waals surface area contributed by atoms with Gasteiger partial charge in [-0.3, -0.25) is 9.48 Å². The summed E-state index contributed by atoms with van der Waals surface area (Å²) >= 11 is 0. The first-order valence-electron chi connectivity index (χ1n) is 10.6. The number of amides is 1. The van der Waals surface area contributed by atoms with Crippen LogP contribution in [0.3, 0.4) is 0 Å². The molecule has 6 nitrogen and oxygen atoms in total. The molecule has 0 atom stereocenters. The fraction of sp³-hybridized carbons (Fsp3) is 0.417. The topological polar surface area (TPSA) is 53.4 Å². The van der Waals surface area contributed by atoms with E-state index in [0.717, 1.165) is 53.6 Å². The zero-order valence-corrected chi connectivity index (χ0v) is 18.1. The number of nitrogens with one attached hydrogen (secondary N) is 1. The second-order valence-electron chi connectivity index (χ2n) is 9.06. The number of carbonyl (C=O) groups is 1. The van der Waals surface area contributed by atoms with Crippen LogP contribution in [0, 0.1) is 6.92 Å². The van der Waals surface area contributed by atoms with Crippen LogP contribution in [0.15, 0.2) is 42.6 Å². The van der Waals surface area contributed by atoms with Gasteiger partial charge in [-0.2, -0.15) is 5.10 Å². The number of nitrogens with zero attached hydrogens (tertiary/aromatic N) is 4. The predicted molar refractivity (Wildman–Crippen MR) is 120 cm³/mol. The highest BCUT2D eigenvalue weighted by atomic mass is 16.1. The van der Waals surface area contributed by atoms with Crippen molar-refractivity contribution < 1.29 is 4.79 Å². The molecule has 3 aromatic rings. The fourth-order valence-corrected chi connectivity index (χ4v) is 4.51. The van der Waals surface area contributed by atoms with E-state index in [0.29, 0.717) is 6.04 Å². The second kappa shape index (κ2) is 6.84. The number of anilines is 1. The van der Waals surface area contributed by atoms with Crippen LogP contribution >= 0.6 is 0 Å². The molecule has 2 fully saturated rings. The van der Waals surface area contributed by atoms with E-state index < -0.39 is 0 Å². The number of hydrogen-bond donors (Lipinski definition) is 1. The molecule has 1 aromatic heterocycles. The normalized spacial score (nSPS) is 18.0. The van der Waals surface area contributed by atoms with Crippen LogP contribution in [0.25, 0.3) is 10.9 Å². The van der Waals surface area contributed by atoms with Crippen LogP contribution in [0.1, 0.15) is 34.3 Å². The van der Waals surface area contributed by atoms with Gasteiger partial charge in [0.05, 0.1) is 17.3 Å². The van der Waals surface area contributed by atoms with Crippen molar-refractivity contribution >= 4 is 22.5 Å². The first-order chi connectivity index (χ1) is 14.4. The molecule has 0 spiro atoms. The highest BCUT2D eigenvalue weighted by Gasteiger charge is 2.47. The van der Waals surface area contributed by atoms with E-state index in [4.69, 9.17) is 0 Å². The van der Waals surface area contributed by atoms with Gasteiger partial charge in [0.15, 0.2) is 0 Å². The molecule has 0 bridgehead atoms. The van der Waals surface area contributed by atoms with Crippen molar-refractivity contribution in [3.8, 4) is 0 Å². The molecule has 2 heterocycles. The first-order valence-corrected chi connectivity index (χ1v) is 10.6. The summed E-state index contributed by atoms with van der Waals surface area (Å²) in [5.41, 5.74) is 4.89. The highest BCUT2D eigenvalue weighted by molar-refractivity contribution is 5.98. The van der Waals surface area contributed by atoms with Crippen molar-refractivity contribution in [2.24, 2.45) is 7.05 Å². The predicted octanol–water partition coefficient (Wildman–Crippen LogP) is 3.05. The third kappa shape index (κ3) is 3.06. The molecule has 30 heavy (non-hydrogen) atoms. The Labute approximate surface area is 177 Å². The minimum Gasteiger partial charge on any atom is -0.368 e. The molecule has 6 heteroatoms. The molecular weight excluding hydrogens is 374 g/mol. The van der Waals surface area contributed by atoms with Crippen LogP contribution in [0.5, 0.6) is 0 Å². The SMILES string of the molecule is Cc1ccc(N2CC(N(C)C)C2)cc1C(=O)NC1(c2cccc3c2cnn3C)CC1. The number of benzene rings is 2. The number of rotatable bonds is 5. The second-order valence-corrected chi connectivity index (χ2v) is 9.06. The lowest BCUT2D eigenvalue weighted by Gasteiger charge is -2.44. The van der Waals surface area contributed by atoms with Gasteiger partial charge in [-0.15, -0.1) is 0 Å². The van der Waals surface area contributed by atoms with Crippen LogP contribution in [0.2, 0.25) is 0 Å². The molecule has 1 saturated heterocycles.